The predicted molar refractivity (Wildman–Crippen MR) is 64.0 cm³/mol. The Morgan fingerprint density at radius 1 is 1.31 bits per heavy atom. The summed E-state index contributed by atoms with van der Waals surface area (Å²) < 4.78 is 4.26. The number of rotatable bonds is 6. The number of nitrogens with one attached hydrogen (secondary N) is 1. The summed E-state index contributed by atoms with van der Waals surface area (Å²) in [5, 5.41) is 3.42. The predicted octanol–water partition coefficient (Wildman–Crippen LogP) is 1.49. The van der Waals surface area contributed by atoms with Crippen LogP contribution in [0.1, 0.15) is 12.5 Å². The Balaban J connectivity index is 1.68. The zero-order chi connectivity index (χ0) is 11.2. The van der Waals surface area contributed by atoms with Crippen LogP contribution >= 0.6 is 0 Å². The summed E-state index contributed by atoms with van der Waals surface area (Å²) in [7, 11) is 0. The first-order valence-electron chi connectivity index (χ1n) is 5.69. The Labute approximate surface area is 95.9 Å². The van der Waals surface area contributed by atoms with Gasteiger partial charge in [-0.3, -0.25) is 0 Å². The second-order valence-corrected chi connectivity index (χ2v) is 3.83. The summed E-state index contributed by atoms with van der Waals surface area (Å²) in [6, 6.07) is 2.16. The quantitative estimate of drug-likeness (QED) is 0.746. The molecule has 0 aliphatic carbocycles. The van der Waals surface area contributed by atoms with E-state index in [0.717, 1.165) is 26.2 Å². The van der Waals surface area contributed by atoms with Crippen molar-refractivity contribution in [3.05, 3.63) is 42.7 Å². The van der Waals surface area contributed by atoms with Gasteiger partial charge in [-0.15, -0.1) is 0 Å². The van der Waals surface area contributed by atoms with Crippen LogP contribution in [0.4, 0.5) is 0 Å². The van der Waals surface area contributed by atoms with Crippen molar-refractivity contribution in [3.63, 3.8) is 0 Å². The smallest absolute Gasteiger partial charge is 0.0946 e. The van der Waals surface area contributed by atoms with E-state index in [2.05, 4.69) is 44.8 Å². The fourth-order valence-corrected chi connectivity index (χ4v) is 1.65. The van der Waals surface area contributed by atoms with E-state index in [9.17, 15) is 0 Å². The van der Waals surface area contributed by atoms with Gasteiger partial charge in [-0.2, -0.15) is 0 Å². The molecular weight excluding hydrogens is 200 g/mol. The first-order chi connectivity index (χ1) is 7.88. The number of aryl methyl sites for hydroxylation is 1. The highest BCUT2D eigenvalue weighted by Crippen LogP contribution is 2.00. The van der Waals surface area contributed by atoms with Crippen LogP contribution in [0.15, 0.2) is 37.2 Å². The Bertz CT molecular complexity index is 402. The SMILES string of the molecule is CCn1ccc(CNCCn2ccnc2)c1. The van der Waals surface area contributed by atoms with Crippen molar-refractivity contribution in [2.24, 2.45) is 0 Å². The molecule has 0 aromatic carbocycles. The summed E-state index contributed by atoms with van der Waals surface area (Å²) in [5.41, 5.74) is 1.34. The molecule has 0 radical (unpaired) electrons. The molecule has 86 valence electrons. The minimum Gasteiger partial charge on any atom is -0.354 e. The van der Waals surface area contributed by atoms with Crippen molar-refractivity contribution >= 4 is 0 Å². The molecule has 1 N–H and O–H groups in total. The summed E-state index contributed by atoms with van der Waals surface area (Å²) in [5.74, 6) is 0. The molecule has 0 aliphatic rings. The van der Waals surface area contributed by atoms with Gasteiger partial charge in [0, 0.05) is 51.0 Å². The largest absolute Gasteiger partial charge is 0.354 e. The number of aromatic nitrogens is 3. The topological polar surface area (TPSA) is 34.8 Å². The lowest BCUT2D eigenvalue weighted by Crippen LogP contribution is -2.18. The lowest BCUT2D eigenvalue weighted by atomic mass is 10.3. The number of nitrogens with zero attached hydrogens (tertiary/aromatic N) is 3. The van der Waals surface area contributed by atoms with E-state index >= 15 is 0 Å². The minimum atomic E-state index is 0.932. The van der Waals surface area contributed by atoms with Crippen molar-refractivity contribution in [1.82, 2.24) is 19.4 Å². The second kappa shape index (κ2) is 5.51. The minimum absolute atomic E-state index is 0.932. The van der Waals surface area contributed by atoms with Gasteiger partial charge in [0.25, 0.3) is 0 Å². The van der Waals surface area contributed by atoms with Gasteiger partial charge in [-0.1, -0.05) is 0 Å². The van der Waals surface area contributed by atoms with Crippen LogP contribution in [0.25, 0.3) is 0 Å². The molecule has 0 amide bonds. The average Bonchev–Trinajstić information content (AvgIpc) is 2.95. The molecule has 4 heteroatoms. The molecule has 2 aromatic heterocycles. The van der Waals surface area contributed by atoms with Crippen LogP contribution in [0.5, 0.6) is 0 Å². The molecule has 4 nitrogen and oxygen atoms in total. The van der Waals surface area contributed by atoms with Gasteiger partial charge >= 0.3 is 0 Å². The van der Waals surface area contributed by atoms with E-state index in [-0.39, 0.29) is 0 Å². The van der Waals surface area contributed by atoms with Crippen molar-refractivity contribution in [3.8, 4) is 0 Å². The highest BCUT2D eigenvalue weighted by molar-refractivity contribution is 5.09. The zero-order valence-corrected chi connectivity index (χ0v) is 9.63. The van der Waals surface area contributed by atoms with Gasteiger partial charge < -0.3 is 14.5 Å². The first-order valence-corrected chi connectivity index (χ1v) is 5.69. The summed E-state index contributed by atoms with van der Waals surface area (Å²) >= 11 is 0. The molecular formula is C12H18N4. The van der Waals surface area contributed by atoms with Gasteiger partial charge in [0.15, 0.2) is 0 Å². The fraction of sp³-hybridized carbons (Fsp3) is 0.417. The Morgan fingerprint density at radius 3 is 2.94 bits per heavy atom. The molecule has 0 saturated heterocycles. The van der Waals surface area contributed by atoms with E-state index in [0.29, 0.717) is 0 Å². The van der Waals surface area contributed by atoms with E-state index in [1.165, 1.54) is 5.56 Å². The molecule has 2 heterocycles. The molecule has 2 aromatic rings. The Kier molecular flexibility index (Phi) is 3.77. The molecule has 0 unspecified atom stereocenters. The maximum absolute atomic E-state index is 4.01. The zero-order valence-electron chi connectivity index (χ0n) is 9.63. The summed E-state index contributed by atoms with van der Waals surface area (Å²) in [6.07, 6.45) is 9.93. The van der Waals surface area contributed by atoms with E-state index in [1.807, 2.05) is 12.5 Å². The number of imidazole rings is 1. The highest BCUT2D eigenvalue weighted by atomic mass is 15.0. The maximum atomic E-state index is 4.01. The molecule has 0 spiro atoms. The third-order valence-electron chi connectivity index (χ3n) is 2.61. The van der Waals surface area contributed by atoms with Crippen molar-refractivity contribution < 1.29 is 0 Å². The van der Waals surface area contributed by atoms with Gasteiger partial charge in [-0.05, 0) is 18.6 Å². The van der Waals surface area contributed by atoms with Crippen LogP contribution in [0.3, 0.4) is 0 Å². The fourth-order valence-electron chi connectivity index (χ4n) is 1.65. The standard InChI is InChI=1S/C12H18N4/c1-2-15-6-3-12(10-15)9-13-4-7-16-8-5-14-11-16/h3,5-6,8,10-11,13H,2,4,7,9H2,1H3. The van der Waals surface area contributed by atoms with Crippen LogP contribution in [0.2, 0.25) is 0 Å². The molecule has 16 heavy (non-hydrogen) atoms. The van der Waals surface area contributed by atoms with Gasteiger partial charge in [0.05, 0.1) is 6.33 Å². The second-order valence-electron chi connectivity index (χ2n) is 3.83. The van der Waals surface area contributed by atoms with Gasteiger partial charge in [0.2, 0.25) is 0 Å². The van der Waals surface area contributed by atoms with Crippen LogP contribution < -0.4 is 5.32 Å². The lowest BCUT2D eigenvalue weighted by Gasteiger charge is -2.03. The van der Waals surface area contributed by atoms with Crippen LogP contribution in [-0.2, 0) is 19.6 Å². The molecule has 0 aliphatic heterocycles. The van der Waals surface area contributed by atoms with Crippen molar-refractivity contribution in [1.29, 1.82) is 0 Å². The van der Waals surface area contributed by atoms with Crippen LogP contribution in [-0.4, -0.2) is 20.7 Å². The van der Waals surface area contributed by atoms with E-state index < -0.39 is 0 Å². The van der Waals surface area contributed by atoms with Gasteiger partial charge in [-0.25, -0.2) is 4.98 Å². The number of hydrogen-bond acceptors (Lipinski definition) is 2. The Hall–Kier alpha value is -1.55. The average molecular weight is 218 g/mol. The van der Waals surface area contributed by atoms with E-state index in [4.69, 9.17) is 0 Å². The maximum Gasteiger partial charge on any atom is 0.0946 e. The van der Waals surface area contributed by atoms with Crippen LogP contribution in [0, 0.1) is 0 Å². The molecule has 0 bridgehead atoms. The summed E-state index contributed by atoms with van der Waals surface area (Å²) in [6.45, 7) is 6.05. The third kappa shape index (κ3) is 2.97. The molecule has 0 fully saturated rings. The molecule has 0 atom stereocenters. The molecule has 0 saturated carbocycles. The first kappa shape index (κ1) is 11.0. The number of hydrogen-bond donors (Lipinski definition) is 1. The highest BCUT2D eigenvalue weighted by Gasteiger charge is 1.95. The van der Waals surface area contributed by atoms with Crippen molar-refractivity contribution in [2.45, 2.75) is 26.6 Å². The normalized spacial score (nSPS) is 10.8. The summed E-state index contributed by atoms with van der Waals surface area (Å²) in [4.78, 5) is 4.01. The Morgan fingerprint density at radius 2 is 2.25 bits per heavy atom. The monoisotopic (exact) mass is 218 g/mol. The molecule has 2 rings (SSSR count). The lowest BCUT2D eigenvalue weighted by molar-refractivity contribution is 0.596. The van der Waals surface area contributed by atoms with E-state index in [1.54, 1.807) is 6.20 Å². The van der Waals surface area contributed by atoms with Gasteiger partial charge in [0.1, 0.15) is 0 Å². The third-order valence-corrected chi connectivity index (χ3v) is 2.61. The van der Waals surface area contributed by atoms with Crippen molar-refractivity contribution in [2.75, 3.05) is 6.54 Å².